The third-order valence-corrected chi connectivity index (χ3v) is 2.69. The number of hydrogen-bond acceptors (Lipinski definition) is 5. The van der Waals surface area contributed by atoms with Crippen molar-refractivity contribution in [2.24, 2.45) is 0 Å². The molecule has 0 unspecified atom stereocenters. The predicted octanol–water partition coefficient (Wildman–Crippen LogP) is 1.73. The number of hydrogen-bond donors (Lipinski definition) is 3. The van der Waals surface area contributed by atoms with Crippen molar-refractivity contribution in [2.45, 2.75) is 40.4 Å². The summed E-state index contributed by atoms with van der Waals surface area (Å²) in [4.78, 5) is 23.1. The monoisotopic (exact) mass is 280 g/mol. The zero-order valence-corrected chi connectivity index (χ0v) is 12.3. The molecule has 0 aliphatic heterocycles. The van der Waals surface area contributed by atoms with E-state index in [2.05, 4.69) is 5.32 Å². The molecule has 0 atom stereocenters. The number of nitrogens with one attached hydrogen (secondary N) is 1. The molecule has 0 aromatic heterocycles. The van der Waals surface area contributed by atoms with Crippen LogP contribution in [0.4, 0.5) is 11.4 Å². The molecule has 0 heterocycles. The maximum atomic E-state index is 12.0. The van der Waals surface area contributed by atoms with Crippen molar-refractivity contribution >= 4 is 23.3 Å². The molecule has 0 fully saturated rings. The summed E-state index contributed by atoms with van der Waals surface area (Å²) in [7, 11) is 0. The van der Waals surface area contributed by atoms with E-state index in [1.54, 1.807) is 13.8 Å². The van der Waals surface area contributed by atoms with Crippen LogP contribution >= 0.6 is 0 Å². The van der Waals surface area contributed by atoms with Crippen molar-refractivity contribution < 1.29 is 19.4 Å². The van der Waals surface area contributed by atoms with Crippen LogP contribution in [0.5, 0.6) is 0 Å². The van der Waals surface area contributed by atoms with E-state index in [0.717, 1.165) is 0 Å². The summed E-state index contributed by atoms with van der Waals surface area (Å²) in [6.45, 7) is 7.55. The van der Waals surface area contributed by atoms with E-state index in [9.17, 15) is 14.7 Å². The molecule has 0 saturated carbocycles. The van der Waals surface area contributed by atoms with E-state index < -0.39 is 11.8 Å². The van der Waals surface area contributed by atoms with Crippen molar-refractivity contribution in [3.8, 4) is 0 Å². The average molecular weight is 280 g/mol. The van der Waals surface area contributed by atoms with Gasteiger partial charge in [-0.25, -0.2) is 4.79 Å². The molecule has 1 rings (SSSR count). The molecule has 20 heavy (non-hydrogen) atoms. The second-order valence-corrected chi connectivity index (χ2v) is 5.17. The largest absolute Gasteiger partial charge is 0.430 e. The third-order valence-electron chi connectivity index (χ3n) is 2.69. The van der Waals surface area contributed by atoms with Crippen LogP contribution in [0.25, 0.3) is 0 Å². The molecule has 110 valence electrons. The molecule has 4 N–H and O–H groups in total. The fourth-order valence-electron chi connectivity index (χ4n) is 1.82. The lowest BCUT2D eigenvalue weighted by molar-refractivity contribution is -0.136. The normalized spacial score (nSPS) is 11.1. The fraction of sp³-hybridized carbons (Fsp3) is 0.429. The number of aliphatic hydroxyl groups is 1. The highest BCUT2D eigenvalue weighted by atomic mass is 16.7. The SMILES string of the molecule is CC(=O)Nc1c(C)cc(C(=O)OC(C)(C)O)c(N)c1C. The molecule has 0 saturated heterocycles. The van der Waals surface area contributed by atoms with Gasteiger partial charge in [-0.05, 0) is 31.0 Å². The molecule has 6 heteroatoms. The number of nitrogen functional groups attached to an aromatic ring is 1. The summed E-state index contributed by atoms with van der Waals surface area (Å²) >= 11 is 0. The van der Waals surface area contributed by atoms with Gasteiger partial charge in [0.05, 0.1) is 11.3 Å². The Morgan fingerprint density at radius 1 is 1.35 bits per heavy atom. The topological polar surface area (TPSA) is 102 Å². The van der Waals surface area contributed by atoms with Crippen LogP contribution in [-0.4, -0.2) is 22.8 Å². The number of ether oxygens (including phenoxy) is 1. The smallest absolute Gasteiger partial charge is 0.342 e. The van der Waals surface area contributed by atoms with E-state index in [1.807, 2.05) is 0 Å². The molecule has 0 aliphatic carbocycles. The van der Waals surface area contributed by atoms with E-state index in [0.29, 0.717) is 16.8 Å². The number of esters is 1. The Labute approximate surface area is 117 Å². The predicted molar refractivity (Wildman–Crippen MR) is 76.3 cm³/mol. The molecular weight excluding hydrogens is 260 g/mol. The molecule has 6 nitrogen and oxygen atoms in total. The minimum Gasteiger partial charge on any atom is -0.430 e. The molecular formula is C14H20N2O4. The van der Waals surface area contributed by atoms with E-state index in [1.165, 1.54) is 26.8 Å². The van der Waals surface area contributed by atoms with Crippen LogP contribution in [0, 0.1) is 13.8 Å². The van der Waals surface area contributed by atoms with Crippen LogP contribution in [0.15, 0.2) is 6.07 Å². The Morgan fingerprint density at radius 3 is 2.35 bits per heavy atom. The Balaban J connectivity index is 3.25. The Kier molecular flexibility index (Phi) is 4.39. The summed E-state index contributed by atoms with van der Waals surface area (Å²) in [6, 6.07) is 1.53. The first-order valence-electron chi connectivity index (χ1n) is 6.16. The van der Waals surface area contributed by atoms with Crippen LogP contribution in [0.1, 0.15) is 42.3 Å². The Bertz CT molecular complexity index is 559. The molecule has 0 spiro atoms. The highest BCUT2D eigenvalue weighted by Gasteiger charge is 2.23. The average Bonchev–Trinajstić information content (AvgIpc) is 2.26. The van der Waals surface area contributed by atoms with E-state index >= 15 is 0 Å². The number of amides is 1. The maximum absolute atomic E-state index is 12.0. The Hall–Kier alpha value is -2.08. The van der Waals surface area contributed by atoms with Crippen molar-refractivity contribution in [2.75, 3.05) is 11.1 Å². The summed E-state index contributed by atoms with van der Waals surface area (Å²) in [6.07, 6.45) is 0. The van der Waals surface area contributed by atoms with Gasteiger partial charge in [0.25, 0.3) is 0 Å². The first kappa shape index (κ1) is 16.0. The summed E-state index contributed by atoms with van der Waals surface area (Å²) in [5.41, 5.74) is 8.15. The van der Waals surface area contributed by atoms with Crippen molar-refractivity contribution in [3.63, 3.8) is 0 Å². The number of carbonyl (C=O) groups is 2. The Morgan fingerprint density at radius 2 is 1.90 bits per heavy atom. The van der Waals surface area contributed by atoms with Gasteiger partial charge in [0.1, 0.15) is 0 Å². The van der Waals surface area contributed by atoms with Crippen molar-refractivity contribution in [1.29, 1.82) is 0 Å². The lowest BCUT2D eigenvalue weighted by Gasteiger charge is -2.20. The minimum absolute atomic E-state index is 0.163. The molecule has 0 bridgehead atoms. The standard InChI is InChI=1S/C14H20N2O4/c1-7-6-10(13(18)20-14(4,5)19)11(15)8(2)12(7)16-9(3)17/h6,19H,15H2,1-5H3,(H,16,17). The first-order valence-corrected chi connectivity index (χ1v) is 6.16. The maximum Gasteiger partial charge on any atom is 0.342 e. The number of benzene rings is 1. The van der Waals surface area contributed by atoms with Crippen LogP contribution in [-0.2, 0) is 9.53 Å². The van der Waals surface area contributed by atoms with Gasteiger partial charge in [-0.2, -0.15) is 0 Å². The van der Waals surface area contributed by atoms with Gasteiger partial charge in [0, 0.05) is 26.5 Å². The lowest BCUT2D eigenvalue weighted by Crippen LogP contribution is -2.28. The van der Waals surface area contributed by atoms with Gasteiger partial charge in [0.15, 0.2) is 0 Å². The van der Waals surface area contributed by atoms with Gasteiger partial charge >= 0.3 is 5.97 Å². The number of carbonyl (C=O) groups excluding carboxylic acids is 2. The second kappa shape index (κ2) is 5.50. The van der Waals surface area contributed by atoms with Crippen LogP contribution < -0.4 is 11.1 Å². The van der Waals surface area contributed by atoms with Crippen molar-refractivity contribution in [3.05, 3.63) is 22.8 Å². The molecule has 1 amide bonds. The lowest BCUT2D eigenvalue weighted by atomic mass is 10.0. The number of anilines is 2. The van der Waals surface area contributed by atoms with E-state index in [-0.39, 0.29) is 17.2 Å². The van der Waals surface area contributed by atoms with Gasteiger partial charge in [-0.1, -0.05) is 0 Å². The number of nitrogens with two attached hydrogens (primary N) is 1. The highest BCUT2D eigenvalue weighted by molar-refractivity contribution is 6.00. The molecule has 0 radical (unpaired) electrons. The first-order chi connectivity index (χ1) is 9.03. The quantitative estimate of drug-likeness (QED) is 0.444. The zero-order valence-electron chi connectivity index (χ0n) is 12.3. The summed E-state index contributed by atoms with van der Waals surface area (Å²) < 4.78 is 4.88. The zero-order chi connectivity index (χ0) is 15.7. The van der Waals surface area contributed by atoms with Crippen molar-refractivity contribution in [1.82, 2.24) is 0 Å². The molecule has 1 aromatic carbocycles. The summed E-state index contributed by atoms with van der Waals surface area (Å²) in [5.74, 6) is -2.51. The van der Waals surface area contributed by atoms with Gasteiger partial charge in [-0.15, -0.1) is 0 Å². The summed E-state index contributed by atoms with van der Waals surface area (Å²) in [5, 5.41) is 12.2. The molecule has 1 aromatic rings. The van der Waals surface area contributed by atoms with Gasteiger partial charge in [-0.3, -0.25) is 4.79 Å². The van der Waals surface area contributed by atoms with E-state index in [4.69, 9.17) is 10.5 Å². The number of aryl methyl sites for hydroxylation is 1. The molecule has 0 aliphatic rings. The van der Waals surface area contributed by atoms with Gasteiger partial charge < -0.3 is 20.9 Å². The van der Waals surface area contributed by atoms with Crippen LogP contribution in [0.2, 0.25) is 0 Å². The fourth-order valence-corrected chi connectivity index (χ4v) is 1.82. The number of rotatable bonds is 3. The van der Waals surface area contributed by atoms with Gasteiger partial charge in [0.2, 0.25) is 11.7 Å². The highest BCUT2D eigenvalue weighted by Crippen LogP contribution is 2.30. The second-order valence-electron chi connectivity index (χ2n) is 5.17. The van der Waals surface area contributed by atoms with Crippen LogP contribution in [0.3, 0.4) is 0 Å². The third kappa shape index (κ3) is 3.71. The minimum atomic E-state index is -1.58.